The molecule has 2 aromatic rings. The molecule has 0 unspecified atom stereocenters. The van der Waals surface area contributed by atoms with Gasteiger partial charge in [0.15, 0.2) is 0 Å². The van der Waals surface area contributed by atoms with Crippen molar-refractivity contribution in [1.82, 2.24) is 0 Å². The summed E-state index contributed by atoms with van der Waals surface area (Å²) < 4.78 is 1.03. The average Bonchev–Trinajstić information content (AvgIpc) is 2.66. The Labute approximate surface area is 113 Å². The molecule has 0 fully saturated rings. The highest BCUT2D eigenvalue weighted by atomic mass is 79.9. The van der Waals surface area contributed by atoms with Gasteiger partial charge < -0.3 is 5.73 Å². The van der Waals surface area contributed by atoms with Crippen LogP contribution in [-0.4, -0.2) is 0 Å². The number of hydrogen-bond acceptors (Lipinski definition) is 3. The van der Waals surface area contributed by atoms with E-state index in [0.717, 1.165) is 26.9 Å². The van der Waals surface area contributed by atoms with Crippen LogP contribution in [0.4, 0.5) is 5.69 Å². The summed E-state index contributed by atoms with van der Waals surface area (Å²) in [6, 6.07) is 10.2. The molecule has 1 heterocycles. The van der Waals surface area contributed by atoms with Crippen LogP contribution in [0.3, 0.4) is 0 Å². The number of nitriles is 1. The molecule has 0 amide bonds. The second-order valence-corrected chi connectivity index (χ2v) is 5.47. The first-order valence-corrected chi connectivity index (χ1v) is 6.86. The van der Waals surface area contributed by atoms with E-state index in [2.05, 4.69) is 28.9 Å². The van der Waals surface area contributed by atoms with E-state index < -0.39 is 0 Å². The van der Waals surface area contributed by atoms with Gasteiger partial charge in [0.25, 0.3) is 0 Å². The first-order chi connectivity index (χ1) is 8.19. The second kappa shape index (κ2) is 4.91. The molecular weight excluding hydrogens is 296 g/mol. The van der Waals surface area contributed by atoms with Gasteiger partial charge in [-0.15, -0.1) is 11.3 Å². The first-order valence-electron chi connectivity index (χ1n) is 5.25. The van der Waals surface area contributed by atoms with Crippen molar-refractivity contribution < 1.29 is 0 Å². The monoisotopic (exact) mass is 306 g/mol. The van der Waals surface area contributed by atoms with E-state index in [4.69, 9.17) is 11.0 Å². The number of thiophene rings is 1. The zero-order chi connectivity index (χ0) is 12.4. The highest BCUT2D eigenvalue weighted by Crippen LogP contribution is 2.41. The Balaban J connectivity index is 2.69. The molecule has 0 aliphatic heterocycles. The van der Waals surface area contributed by atoms with Crippen LogP contribution in [0.5, 0.6) is 0 Å². The van der Waals surface area contributed by atoms with Gasteiger partial charge in [-0.25, -0.2) is 0 Å². The minimum absolute atomic E-state index is 0.604. The molecule has 0 saturated carbocycles. The molecule has 0 spiro atoms. The van der Waals surface area contributed by atoms with Crippen molar-refractivity contribution >= 4 is 33.0 Å². The Morgan fingerprint density at radius 1 is 1.41 bits per heavy atom. The summed E-state index contributed by atoms with van der Waals surface area (Å²) >= 11 is 5.00. The fourth-order valence-electron chi connectivity index (χ4n) is 1.77. The van der Waals surface area contributed by atoms with Gasteiger partial charge in [0.1, 0.15) is 10.9 Å². The highest BCUT2D eigenvalue weighted by molar-refractivity contribution is 9.10. The quantitative estimate of drug-likeness (QED) is 0.904. The molecule has 0 saturated heterocycles. The van der Waals surface area contributed by atoms with Crippen molar-refractivity contribution in [2.45, 2.75) is 13.3 Å². The van der Waals surface area contributed by atoms with Gasteiger partial charge in [-0.1, -0.05) is 41.1 Å². The topological polar surface area (TPSA) is 49.8 Å². The van der Waals surface area contributed by atoms with E-state index in [9.17, 15) is 0 Å². The van der Waals surface area contributed by atoms with E-state index >= 15 is 0 Å². The SMILES string of the molecule is CCc1c(-c2ccccc2Br)sc(C#N)c1N. The van der Waals surface area contributed by atoms with Crippen LogP contribution >= 0.6 is 27.3 Å². The smallest absolute Gasteiger partial charge is 0.128 e. The van der Waals surface area contributed by atoms with E-state index in [0.29, 0.717) is 10.6 Å². The normalized spacial score (nSPS) is 10.2. The Hall–Kier alpha value is -1.31. The predicted molar refractivity (Wildman–Crippen MR) is 76.0 cm³/mol. The number of hydrogen-bond donors (Lipinski definition) is 1. The maximum Gasteiger partial charge on any atom is 0.128 e. The Bertz CT molecular complexity index is 596. The number of anilines is 1. The van der Waals surface area contributed by atoms with Crippen LogP contribution in [0.25, 0.3) is 10.4 Å². The number of nitrogen functional groups attached to an aromatic ring is 1. The lowest BCUT2D eigenvalue weighted by molar-refractivity contribution is 1.16. The fourth-order valence-corrected chi connectivity index (χ4v) is 3.54. The molecule has 2 nitrogen and oxygen atoms in total. The number of nitrogens with two attached hydrogens (primary N) is 1. The van der Waals surface area contributed by atoms with E-state index in [-0.39, 0.29) is 0 Å². The summed E-state index contributed by atoms with van der Waals surface area (Å²) in [5.41, 5.74) is 8.78. The van der Waals surface area contributed by atoms with E-state index in [1.807, 2.05) is 24.3 Å². The van der Waals surface area contributed by atoms with Crippen LogP contribution < -0.4 is 5.73 Å². The van der Waals surface area contributed by atoms with Crippen molar-refractivity contribution in [1.29, 1.82) is 5.26 Å². The van der Waals surface area contributed by atoms with Gasteiger partial charge in [-0.05, 0) is 18.1 Å². The largest absolute Gasteiger partial charge is 0.397 e. The molecule has 2 rings (SSSR count). The van der Waals surface area contributed by atoms with Gasteiger partial charge in [-0.2, -0.15) is 5.26 Å². The summed E-state index contributed by atoms with van der Waals surface area (Å²) in [5, 5.41) is 9.04. The van der Waals surface area contributed by atoms with Crippen molar-refractivity contribution in [3.63, 3.8) is 0 Å². The molecule has 86 valence electrons. The molecular formula is C13H11BrN2S. The summed E-state index contributed by atoms with van der Waals surface area (Å²) in [4.78, 5) is 1.70. The van der Waals surface area contributed by atoms with Gasteiger partial charge in [-0.3, -0.25) is 0 Å². The lowest BCUT2D eigenvalue weighted by Crippen LogP contribution is -1.91. The molecule has 0 atom stereocenters. The van der Waals surface area contributed by atoms with Gasteiger partial charge >= 0.3 is 0 Å². The minimum Gasteiger partial charge on any atom is -0.397 e. The standard InChI is InChI=1S/C13H11BrN2S/c1-2-8-12(16)11(7-15)17-13(8)9-5-3-4-6-10(9)14/h3-6H,2,16H2,1H3. The molecule has 0 radical (unpaired) electrons. The third-order valence-electron chi connectivity index (χ3n) is 2.62. The average molecular weight is 307 g/mol. The van der Waals surface area contributed by atoms with E-state index in [1.54, 1.807) is 0 Å². The molecule has 4 heteroatoms. The maximum absolute atomic E-state index is 9.04. The zero-order valence-corrected chi connectivity index (χ0v) is 11.7. The third kappa shape index (κ3) is 2.08. The second-order valence-electron chi connectivity index (χ2n) is 3.60. The summed E-state index contributed by atoms with van der Waals surface area (Å²) in [6.07, 6.45) is 0.834. The summed E-state index contributed by atoms with van der Waals surface area (Å²) in [6.45, 7) is 2.06. The predicted octanol–water partition coefficient (Wildman–Crippen LogP) is 4.19. The highest BCUT2D eigenvalue weighted by Gasteiger charge is 2.16. The van der Waals surface area contributed by atoms with Crippen LogP contribution in [0.2, 0.25) is 0 Å². The van der Waals surface area contributed by atoms with Crippen LogP contribution in [0, 0.1) is 11.3 Å². The molecule has 0 aliphatic rings. The first kappa shape index (κ1) is 12.2. The van der Waals surface area contributed by atoms with Crippen molar-refractivity contribution in [2.75, 3.05) is 5.73 Å². The van der Waals surface area contributed by atoms with Crippen LogP contribution in [0.15, 0.2) is 28.7 Å². The fraction of sp³-hybridized carbons (Fsp3) is 0.154. The molecule has 2 N–H and O–H groups in total. The van der Waals surface area contributed by atoms with E-state index in [1.165, 1.54) is 11.3 Å². The lowest BCUT2D eigenvalue weighted by atomic mass is 10.1. The van der Waals surface area contributed by atoms with Gasteiger partial charge in [0.05, 0.1) is 5.69 Å². The molecule has 1 aromatic carbocycles. The van der Waals surface area contributed by atoms with Gasteiger partial charge in [0.2, 0.25) is 0 Å². The molecule has 0 bridgehead atoms. The van der Waals surface area contributed by atoms with Crippen molar-refractivity contribution in [3.8, 4) is 16.5 Å². The third-order valence-corrected chi connectivity index (χ3v) is 4.50. The number of rotatable bonds is 2. The lowest BCUT2D eigenvalue weighted by Gasteiger charge is -2.04. The minimum atomic E-state index is 0.604. The molecule has 1 aromatic heterocycles. The Morgan fingerprint density at radius 3 is 2.71 bits per heavy atom. The Morgan fingerprint density at radius 2 is 2.12 bits per heavy atom. The Kier molecular flexibility index (Phi) is 3.51. The number of halogens is 1. The number of benzene rings is 1. The number of nitrogens with zero attached hydrogens (tertiary/aromatic N) is 1. The summed E-state index contributed by atoms with van der Waals surface area (Å²) in [5.74, 6) is 0. The summed E-state index contributed by atoms with van der Waals surface area (Å²) in [7, 11) is 0. The van der Waals surface area contributed by atoms with Gasteiger partial charge in [0, 0.05) is 14.9 Å². The van der Waals surface area contributed by atoms with Crippen molar-refractivity contribution in [2.24, 2.45) is 0 Å². The molecule has 17 heavy (non-hydrogen) atoms. The van der Waals surface area contributed by atoms with Crippen LogP contribution in [-0.2, 0) is 6.42 Å². The zero-order valence-electron chi connectivity index (χ0n) is 9.33. The van der Waals surface area contributed by atoms with Crippen molar-refractivity contribution in [3.05, 3.63) is 39.2 Å². The molecule has 0 aliphatic carbocycles. The maximum atomic E-state index is 9.04. The van der Waals surface area contributed by atoms with Crippen LogP contribution in [0.1, 0.15) is 17.4 Å².